The van der Waals surface area contributed by atoms with Crippen molar-refractivity contribution in [2.24, 2.45) is 0 Å². The van der Waals surface area contributed by atoms with E-state index in [0.29, 0.717) is 30.2 Å². The number of urea groups is 1. The van der Waals surface area contributed by atoms with Crippen LogP contribution in [-0.2, 0) is 0 Å². The highest BCUT2D eigenvalue weighted by Crippen LogP contribution is 2.27. The van der Waals surface area contributed by atoms with Crippen LogP contribution in [-0.4, -0.2) is 59.9 Å². The Labute approximate surface area is 155 Å². The summed E-state index contributed by atoms with van der Waals surface area (Å²) in [5, 5.41) is 2.93. The molecule has 1 fully saturated rings. The largest absolute Gasteiger partial charge is 0.492 e. The van der Waals surface area contributed by atoms with E-state index in [9.17, 15) is 9.59 Å². The lowest BCUT2D eigenvalue weighted by Crippen LogP contribution is -2.58. The zero-order valence-corrected chi connectivity index (χ0v) is 16.1. The van der Waals surface area contributed by atoms with Gasteiger partial charge in [0.2, 0.25) is 0 Å². The van der Waals surface area contributed by atoms with Gasteiger partial charge >= 0.3 is 6.03 Å². The van der Waals surface area contributed by atoms with E-state index in [-0.39, 0.29) is 23.9 Å². The molecule has 1 aliphatic heterocycles. The molecule has 0 unspecified atom stereocenters. The van der Waals surface area contributed by atoms with Crippen molar-refractivity contribution < 1.29 is 14.3 Å². The molecule has 1 saturated heterocycles. The Hall–Kier alpha value is -2.34. The van der Waals surface area contributed by atoms with Gasteiger partial charge in [0.15, 0.2) is 5.78 Å². The molecule has 6 nitrogen and oxygen atoms in total. The van der Waals surface area contributed by atoms with E-state index in [0.717, 1.165) is 13.1 Å². The number of ketones is 1. The van der Waals surface area contributed by atoms with Crippen molar-refractivity contribution in [1.82, 2.24) is 9.80 Å². The molecule has 142 valence electrons. The normalized spacial score (nSPS) is 20.5. The van der Waals surface area contributed by atoms with Gasteiger partial charge in [-0.15, -0.1) is 6.58 Å². The van der Waals surface area contributed by atoms with Gasteiger partial charge in [-0.25, -0.2) is 4.79 Å². The number of anilines is 1. The second-order valence-electron chi connectivity index (χ2n) is 6.72. The SMILES string of the molecule is C=CCN1C[C@@H](C)N(C(=O)Nc2cc(C(C)=O)ccc2OCC)C[C@H]1C. The van der Waals surface area contributed by atoms with Crippen LogP contribution in [0.25, 0.3) is 0 Å². The van der Waals surface area contributed by atoms with Gasteiger partial charge in [-0.05, 0) is 45.9 Å². The highest BCUT2D eigenvalue weighted by molar-refractivity contribution is 5.98. The number of ether oxygens (including phenoxy) is 1. The number of amides is 2. The van der Waals surface area contributed by atoms with E-state index in [4.69, 9.17) is 4.74 Å². The standard InChI is InChI=1S/C20H29N3O3/c1-6-10-22-12-15(4)23(13-14(22)3)20(25)21-18-11-17(16(5)24)8-9-19(18)26-7-2/h6,8-9,11,14-15H,1,7,10,12-13H2,2-5H3,(H,21,25)/t14-,15-/m1/s1. The van der Waals surface area contributed by atoms with Crippen molar-refractivity contribution in [2.45, 2.75) is 39.8 Å². The minimum atomic E-state index is -0.177. The molecule has 0 aromatic heterocycles. The topological polar surface area (TPSA) is 61.9 Å². The van der Waals surface area contributed by atoms with Gasteiger partial charge in [-0.1, -0.05) is 6.08 Å². The number of rotatable bonds is 6. The maximum Gasteiger partial charge on any atom is 0.322 e. The van der Waals surface area contributed by atoms with Crippen molar-refractivity contribution in [2.75, 3.05) is 31.6 Å². The molecule has 0 saturated carbocycles. The first-order chi connectivity index (χ1) is 12.4. The van der Waals surface area contributed by atoms with Crippen LogP contribution >= 0.6 is 0 Å². The molecule has 0 aliphatic carbocycles. The van der Waals surface area contributed by atoms with Crippen LogP contribution in [0.5, 0.6) is 5.75 Å². The summed E-state index contributed by atoms with van der Waals surface area (Å²) in [7, 11) is 0. The van der Waals surface area contributed by atoms with Crippen molar-refractivity contribution in [3.05, 3.63) is 36.4 Å². The van der Waals surface area contributed by atoms with Crippen molar-refractivity contribution in [1.29, 1.82) is 0 Å². The van der Waals surface area contributed by atoms with Gasteiger partial charge in [0.05, 0.1) is 12.3 Å². The van der Waals surface area contributed by atoms with Gasteiger partial charge in [0, 0.05) is 37.3 Å². The summed E-state index contributed by atoms with van der Waals surface area (Å²) in [6.45, 7) is 14.1. The molecule has 1 aromatic rings. The fourth-order valence-corrected chi connectivity index (χ4v) is 3.22. The molecule has 1 aromatic carbocycles. The van der Waals surface area contributed by atoms with Gasteiger partial charge in [-0.3, -0.25) is 9.69 Å². The molecule has 1 aliphatic rings. The Kier molecular flexibility index (Phi) is 6.80. The number of hydrogen-bond acceptors (Lipinski definition) is 4. The zero-order valence-electron chi connectivity index (χ0n) is 16.1. The molecule has 0 radical (unpaired) electrons. The number of carbonyl (C=O) groups is 2. The van der Waals surface area contributed by atoms with Crippen LogP contribution in [0.2, 0.25) is 0 Å². The second-order valence-corrected chi connectivity index (χ2v) is 6.72. The summed E-state index contributed by atoms with van der Waals surface area (Å²) in [6, 6.07) is 5.27. The smallest absolute Gasteiger partial charge is 0.322 e. The third kappa shape index (κ3) is 4.64. The van der Waals surface area contributed by atoms with Crippen molar-refractivity contribution in [3.63, 3.8) is 0 Å². The zero-order chi connectivity index (χ0) is 19.3. The van der Waals surface area contributed by atoms with Gasteiger partial charge in [0.1, 0.15) is 5.75 Å². The van der Waals surface area contributed by atoms with Crippen molar-refractivity contribution >= 4 is 17.5 Å². The van der Waals surface area contributed by atoms with E-state index in [1.807, 2.05) is 24.8 Å². The van der Waals surface area contributed by atoms with Crippen LogP contribution in [0.4, 0.5) is 10.5 Å². The first-order valence-electron chi connectivity index (χ1n) is 9.07. The minimum Gasteiger partial charge on any atom is -0.492 e. The molecular weight excluding hydrogens is 330 g/mol. The van der Waals surface area contributed by atoms with E-state index in [1.165, 1.54) is 6.92 Å². The van der Waals surface area contributed by atoms with Crippen molar-refractivity contribution in [3.8, 4) is 5.75 Å². The molecule has 26 heavy (non-hydrogen) atoms. The van der Waals surface area contributed by atoms with Crippen LogP contribution in [0.3, 0.4) is 0 Å². The summed E-state index contributed by atoms with van der Waals surface area (Å²) < 4.78 is 5.59. The number of Topliss-reactive ketones (excluding diaryl/α,β-unsaturated/α-hetero) is 1. The lowest BCUT2D eigenvalue weighted by molar-refractivity contribution is 0.0765. The first-order valence-corrected chi connectivity index (χ1v) is 9.07. The first kappa shape index (κ1) is 20.0. The third-order valence-electron chi connectivity index (χ3n) is 4.67. The van der Waals surface area contributed by atoms with E-state index in [1.54, 1.807) is 18.2 Å². The molecule has 0 bridgehead atoms. The molecule has 1 heterocycles. The maximum absolute atomic E-state index is 12.9. The van der Waals surface area contributed by atoms with Gasteiger partial charge in [0.25, 0.3) is 0 Å². The number of nitrogens with one attached hydrogen (secondary N) is 1. The molecular formula is C20H29N3O3. The number of nitrogens with zero attached hydrogens (tertiary/aromatic N) is 2. The van der Waals surface area contributed by atoms with E-state index >= 15 is 0 Å². The number of hydrogen-bond donors (Lipinski definition) is 1. The Bertz CT molecular complexity index is 674. The third-order valence-corrected chi connectivity index (χ3v) is 4.67. The number of carbonyl (C=O) groups excluding carboxylic acids is 2. The summed E-state index contributed by atoms with van der Waals surface area (Å²) in [4.78, 5) is 28.7. The highest BCUT2D eigenvalue weighted by Gasteiger charge is 2.31. The quantitative estimate of drug-likeness (QED) is 0.625. The monoisotopic (exact) mass is 359 g/mol. The fraction of sp³-hybridized carbons (Fsp3) is 0.500. The predicted octanol–water partition coefficient (Wildman–Crippen LogP) is 3.40. The van der Waals surface area contributed by atoms with Crippen LogP contribution in [0.1, 0.15) is 38.1 Å². The Morgan fingerprint density at radius 3 is 2.65 bits per heavy atom. The summed E-state index contributed by atoms with van der Waals surface area (Å²) in [5.41, 5.74) is 1.07. The Morgan fingerprint density at radius 1 is 1.31 bits per heavy atom. The predicted molar refractivity (Wildman–Crippen MR) is 104 cm³/mol. The second kappa shape index (κ2) is 8.85. The molecule has 6 heteroatoms. The average Bonchev–Trinajstić information content (AvgIpc) is 2.59. The summed E-state index contributed by atoms with van der Waals surface area (Å²) in [5.74, 6) is 0.514. The lowest BCUT2D eigenvalue weighted by atomic mass is 10.1. The van der Waals surface area contributed by atoms with Crippen LogP contribution in [0.15, 0.2) is 30.9 Å². The lowest BCUT2D eigenvalue weighted by Gasteiger charge is -2.43. The van der Waals surface area contributed by atoms with Gasteiger partial charge < -0.3 is 15.0 Å². The average molecular weight is 359 g/mol. The minimum absolute atomic E-state index is 0.0522. The van der Waals surface area contributed by atoms with E-state index < -0.39 is 0 Å². The molecule has 0 spiro atoms. The summed E-state index contributed by atoms with van der Waals surface area (Å²) in [6.07, 6.45) is 1.89. The number of piperazine rings is 1. The molecule has 1 N–H and O–H groups in total. The molecule has 2 amide bonds. The van der Waals surface area contributed by atoms with Crippen LogP contribution in [0, 0.1) is 0 Å². The number of benzene rings is 1. The van der Waals surface area contributed by atoms with E-state index in [2.05, 4.69) is 23.7 Å². The highest BCUT2D eigenvalue weighted by atomic mass is 16.5. The molecule has 2 rings (SSSR count). The van der Waals surface area contributed by atoms with Gasteiger partial charge in [-0.2, -0.15) is 0 Å². The Morgan fingerprint density at radius 2 is 2.04 bits per heavy atom. The van der Waals surface area contributed by atoms with Crippen LogP contribution < -0.4 is 10.1 Å². The fourth-order valence-electron chi connectivity index (χ4n) is 3.22. The molecule has 2 atom stereocenters. The maximum atomic E-state index is 12.9. The summed E-state index contributed by atoms with van der Waals surface area (Å²) >= 11 is 0. The Balaban J connectivity index is 2.17.